The van der Waals surface area contributed by atoms with E-state index in [-0.39, 0.29) is 37.0 Å². The summed E-state index contributed by atoms with van der Waals surface area (Å²) < 4.78 is 7.71. The van der Waals surface area contributed by atoms with Crippen LogP contribution >= 0.6 is 0 Å². The molecule has 0 amide bonds. The molecule has 0 bridgehead atoms. The van der Waals surface area contributed by atoms with E-state index in [1.54, 1.807) is 4.57 Å². The molecule has 4 heterocycles. The van der Waals surface area contributed by atoms with E-state index in [1.807, 2.05) is 4.90 Å². The number of aryl methyl sites for hydroxylation is 1. The Morgan fingerprint density at radius 1 is 1.12 bits per heavy atom. The molecule has 232 valence electrons. The Bertz CT molecular complexity index is 1560. The number of rotatable bonds is 10. The van der Waals surface area contributed by atoms with E-state index in [2.05, 4.69) is 58.9 Å². The maximum absolute atomic E-state index is 11.0. The van der Waals surface area contributed by atoms with Crippen molar-refractivity contribution in [1.82, 2.24) is 34.4 Å². The summed E-state index contributed by atoms with van der Waals surface area (Å²) in [6, 6.07) is 6.01. The lowest BCUT2D eigenvalue weighted by Crippen LogP contribution is -2.56. The van der Waals surface area contributed by atoms with Crippen LogP contribution in [0.4, 0.5) is 5.82 Å². The monoisotopic (exact) mass is 594 g/mol. The lowest BCUT2D eigenvalue weighted by Gasteiger charge is -2.46. The molecule has 13 heteroatoms. The number of hydrogen-bond donors (Lipinski definition) is 6. The van der Waals surface area contributed by atoms with Gasteiger partial charge in [-0.3, -0.25) is 9.47 Å². The first-order valence-corrected chi connectivity index (χ1v) is 15.0. The molecule has 1 saturated heterocycles. The number of nitrogens with two attached hydrogens (primary N) is 1. The van der Waals surface area contributed by atoms with Crippen molar-refractivity contribution < 1.29 is 25.2 Å². The Labute approximate surface area is 249 Å². The largest absolute Gasteiger partial charge is 0.395 e. The number of imidazole rings is 2. The molecule has 0 spiro atoms. The second kappa shape index (κ2) is 11.7. The van der Waals surface area contributed by atoms with Gasteiger partial charge in [0.1, 0.15) is 36.0 Å². The summed E-state index contributed by atoms with van der Waals surface area (Å²) in [6.45, 7) is 6.38. The van der Waals surface area contributed by atoms with Gasteiger partial charge in [-0.05, 0) is 48.3 Å². The van der Waals surface area contributed by atoms with E-state index in [9.17, 15) is 20.4 Å². The topological polar surface area (TPSA) is 192 Å². The third-order valence-corrected chi connectivity index (χ3v) is 9.15. The first kappa shape index (κ1) is 29.9. The second-order valence-corrected chi connectivity index (χ2v) is 13.0. The third kappa shape index (κ3) is 5.73. The van der Waals surface area contributed by atoms with Gasteiger partial charge in [-0.15, -0.1) is 0 Å². The minimum absolute atomic E-state index is 0.0726. The Kier molecular flexibility index (Phi) is 8.13. The van der Waals surface area contributed by atoms with E-state index in [0.29, 0.717) is 17.1 Å². The zero-order valence-electron chi connectivity index (χ0n) is 24.8. The van der Waals surface area contributed by atoms with Crippen molar-refractivity contribution in [1.29, 1.82) is 0 Å². The van der Waals surface area contributed by atoms with Crippen molar-refractivity contribution in [3.8, 4) is 0 Å². The molecule has 7 N–H and O–H groups in total. The highest BCUT2D eigenvalue weighted by atomic mass is 16.6. The zero-order chi connectivity index (χ0) is 30.5. The molecule has 1 aliphatic heterocycles. The molecule has 1 aliphatic carbocycles. The van der Waals surface area contributed by atoms with Gasteiger partial charge in [0.15, 0.2) is 17.7 Å². The first-order chi connectivity index (χ1) is 20.6. The summed E-state index contributed by atoms with van der Waals surface area (Å²) in [4.78, 5) is 22.7. The van der Waals surface area contributed by atoms with E-state index in [0.717, 1.165) is 42.5 Å². The first-order valence-electron chi connectivity index (χ1n) is 15.0. The lowest BCUT2D eigenvalue weighted by atomic mass is 9.76. The van der Waals surface area contributed by atoms with Gasteiger partial charge in [0.05, 0.1) is 36.6 Å². The number of aliphatic hydroxyl groups excluding tert-OH is 4. The normalized spacial score (nSPS) is 26.3. The number of H-pyrrole nitrogens is 1. The van der Waals surface area contributed by atoms with Gasteiger partial charge in [0.2, 0.25) is 0 Å². The quantitative estimate of drug-likeness (QED) is 0.155. The lowest BCUT2D eigenvalue weighted by molar-refractivity contribution is -0.0759. The van der Waals surface area contributed by atoms with E-state index < -0.39 is 30.6 Å². The number of aliphatic hydroxyl groups is 4. The summed E-state index contributed by atoms with van der Waals surface area (Å²) in [5.41, 5.74) is 10.1. The minimum Gasteiger partial charge on any atom is -0.395 e. The summed E-state index contributed by atoms with van der Waals surface area (Å²) in [5, 5.41) is 42.0. The summed E-state index contributed by atoms with van der Waals surface area (Å²) >= 11 is 0. The molecule has 2 aliphatic rings. The molecule has 4 aromatic rings. The number of nitrogens with one attached hydrogen (secondary N) is 1. The fourth-order valence-corrected chi connectivity index (χ4v) is 6.43. The maximum atomic E-state index is 11.0. The Morgan fingerprint density at radius 3 is 2.60 bits per heavy atom. The van der Waals surface area contributed by atoms with Gasteiger partial charge in [0, 0.05) is 19.0 Å². The molecule has 3 aromatic heterocycles. The summed E-state index contributed by atoms with van der Waals surface area (Å²) in [7, 11) is 0. The number of fused-ring (bicyclic) bond motifs is 2. The van der Waals surface area contributed by atoms with Crippen LogP contribution in [-0.4, -0.2) is 105 Å². The number of ether oxygens (including phenoxy) is 1. The van der Waals surface area contributed by atoms with Crippen LogP contribution in [0.1, 0.15) is 57.6 Å². The number of aromatic amines is 1. The number of nitrogen functional groups attached to an aromatic ring is 1. The standard InChI is InChI=1S/C30H42N8O5/c1-30(2,3)17-5-6-20-21(10-17)36-23(35-20)7-4-16-8-18(9-16)37(19(12-39)13-40)11-22-25(41)26(42)29(43-22)38-15-34-24-27(31)32-14-33-28(24)38/h5-6,10,14-16,18-19,22,25-26,29,39-42H,4,7-9,11-13H2,1-3H3,(H,35,36)(H2,31,32,33). The van der Waals surface area contributed by atoms with Gasteiger partial charge in [-0.1, -0.05) is 26.8 Å². The van der Waals surface area contributed by atoms with Crippen molar-refractivity contribution in [3.05, 3.63) is 42.2 Å². The SMILES string of the molecule is CC(C)(C)c1ccc2nc(CCC3CC(N(CC4OC(n5cnc6c(N)ncnc65)C(O)C4O)C(CO)CO)C3)[nH]c2c1. The van der Waals surface area contributed by atoms with Crippen LogP contribution in [-0.2, 0) is 16.6 Å². The van der Waals surface area contributed by atoms with Crippen LogP contribution in [0.25, 0.3) is 22.2 Å². The predicted octanol–water partition coefficient (Wildman–Crippen LogP) is 1.27. The molecular weight excluding hydrogens is 552 g/mol. The average Bonchev–Trinajstić information content (AvgIpc) is 3.64. The van der Waals surface area contributed by atoms with Crippen LogP contribution in [0.3, 0.4) is 0 Å². The van der Waals surface area contributed by atoms with Crippen molar-refractivity contribution in [3.63, 3.8) is 0 Å². The van der Waals surface area contributed by atoms with Gasteiger partial charge < -0.3 is 35.9 Å². The minimum atomic E-state index is -1.24. The Morgan fingerprint density at radius 2 is 1.88 bits per heavy atom. The Balaban J connectivity index is 1.09. The second-order valence-electron chi connectivity index (χ2n) is 13.0. The van der Waals surface area contributed by atoms with Gasteiger partial charge >= 0.3 is 0 Å². The number of hydrogen-bond acceptors (Lipinski definition) is 11. The molecule has 13 nitrogen and oxygen atoms in total. The average molecular weight is 595 g/mol. The Hall–Kier alpha value is -3.20. The summed E-state index contributed by atoms with van der Waals surface area (Å²) in [6.07, 6.45) is 2.25. The molecule has 4 atom stereocenters. The molecular formula is C30H42N8O5. The smallest absolute Gasteiger partial charge is 0.167 e. The maximum Gasteiger partial charge on any atom is 0.167 e. The fraction of sp³-hybridized carbons (Fsp3) is 0.600. The highest BCUT2D eigenvalue weighted by Crippen LogP contribution is 2.38. The van der Waals surface area contributed by atoms with E-state index in [4.69, 9.17) is 15.5 Å². The van der Waals surface area contributed by atoms with Gasteiger partial charge in [-0.2, -0.15) is 0 Å². The van der Waals surface area contributed by atoms with Crippen LogP contribution in [0.2, 0.25) is 0 Å². The highest BCUT2D eigenvalue weighted by molar-refractivity contribution is 5.81. The predicted molar refractivity (Wildman–Crippen MR) is 160 cm³/mol. The van der Waals surface area contributed by atoms with Crippen LogP contribution < -0.4 is 5.73 Å². The van der Waals surface area contributed by atoms with Gasteiger partial charge in [-0.25, -0.2) is 19.9 Å². The summed E-state index contributed by atoms with van der Waals surface area (Å²) in [5.74, 6) is 1.66. The van der Waals surface area contributed by atoms with Crippen molar-refractivity contribution in [2.24, 2.45) is 5.92 Å². The number of aromatic nitrogens is 6. The molecule has 1 saturated carbocycles. The highest BCUT2D eigenvalue weighted by Gasteiger charge is 2.47. The number of anilines is 1. The van der Waals surface area contributed by atoms with Crippen LogP contribution in [0, 0.1) is 5.92 Å². The van der Waals surface area contributed by atoms with Crippen molar-refractivity contribution >= 4 is 28.0 Å². The van der Waals surface area contributed by atoms with Gasteiger partial charge in [0.25, 0.3) is 0 Å². The number of nitrogens with zero attached hydrogens (tertiary/aromatic N) is 6. The van der Waals surface area contributed by atoms with Crippen LogP contribution in [0.15, 0.2) is 30.9 Å². The molecule has 0 radical (unpaired) electrons. The van der Waals surface area contributed by atoms with Crippen molar-refractivity contribution in [2.75, 3.05) is 25.5 Å². The number of benzene rings is 1. The molecule has 2 fully saturated rings. The zero-order valence-corrected chi connectivity index (χ0v) is 24.8. The molecule has 6 rings (SSSR count). The van der Waals surface area contributed by atoms with E-state index in [1.165, 1.54) is 18.2 Å². The van der Waals surface area contributed by atoms with Crippen LogP contribution in [0.5, 0.6) is 0 Å². The van der Waals surface area contributed by atoms with E-state index >= 15 is 0 Å². The van der Waals surface area contributed by atoms with Crippen molar-refractivity contribution in [2.45, 2.75) is 88.5 Å². The molecule has 43 heavy (non-hydrogen) atoms. The molecule has 4 unspecified atom stereocenters. The fourth-order valence-electron chi connectivity index (χ4n) is 6.43. The molecule has 1 aromatic carbocycles. The third-order valence-electron chi connectivity index (χ3n) is 9.15.